The van der Waals surface area contributed by atoms with Gasteiger partial charge in [-0.1, -0.05) is 19.9 Å². The van der Waals surface area contributed by atoms with Crippen molar-refractivity contribution in [1.29, 1.82) is 0 Å². The number of nitrogens with one attached hydrogen (secondary N) is 1. The molecule has 0 aliphatic carbocycles. The van der Waals surface area contributed by atoms with E-state index in [9.17, 15) is 0 Å². The minimum Gasteiger partial charge on any atom is -0.357 e. The van der Waals surface area contributed by atoms with Crippen molar-refractivity contribution in [1.82, 2.24) is 20.0 Å². The van der Waals surface area contributed by atoms with E-state index in [0.29, 0.717) is 5.92 Å². The molecular formula is C20H31N5S. The summed E-state index contributed by atoms with van der Waals surface area (Å²) in [5, 5.41) is 9.93. The average Bonchev–Trinajstić information content (AvgIpc) is 3.34. The molecule has 5 nitrogen and oxygen atoms in total. The van der Waals surface area contributed by atoms with Crippen molar-refractivity contribution in [3.05, 3.63) is 40.3 Å². The van der Waals surface area contributed by atoms with E-state index in [0.717, 1.165) is 38.6 Å². The van der Waals surface area contributed by atoms with Crippen LogP contribution in [0.3, 0.4) is 0 Å². The van der Waals surface area contributed by atoms with Gasteiger partial charge in [-0.3, -0.25) is 9.67 Å². The summed E-state index contributed by atoms with van der Waals surface area (Å²) in [5.74, 6) is 1.74. The number of aryl methyl sites for hydroxylation is 1. The van der Waals surface area contributed by atoms with Crippen molar-refractivity contribution in [3.63, 3.8) is 0 Å². The molecule has 0 aromatic carbocycles. The van der Waals surface area contributed by atoms with Gasteiger partial charge in [-0.25, -0.2) is 0 Å². The minimum absolute atomic E-state index is 0.0731. The van der Waals surface area contributed by atoms with E-state index in [1.165, 1.54) is 16.9 Å². The van der Waals surface area contributed by atoms with E-state index < -0.39 is 0 Å². The Bertz CT molecular complexity index is 716. The zero-order chi connectivity index (χ0) is 18.6. The lowest BCUT2D eigenvalue weighted by Gasteiger charge is -2.25. The van der Waals surface area contributed by atoms with Crippen molar-refractivity contribution < 1.29 is 0 Å². The van der Waals surface area contributed by atoms with E-state index in [1.54, 1.807) is 0 Å². The number of thiophene rings is 1. The number of likely N-dealkylation sites (tertiary alicyclic amines) is 1. The molecule has 0 radical (unpaired) electrons. The fourth-order valence-corrected chi connectivity index (χ4v) is 4.39. The van der Waals surface area contributed by atoms with E-state index in [1.807, 2.05) is 29.3 Å². The van der Waals surface area contributed by atoms with E-state index in [4.69, 9.17) is 4.99 Å². The molecule has 0 bridgehead atoms. The number of guanidine groups is 1. The van der Waals surface area contributed by atoms with Crippen LogP contribution in [-0.4, -0.2) is 46.8 Å². The third kappa shape index (κ3) is 4.67. The molecule has 1 fully saturated rings. The van der Waals surface area contributed by atoms with E-state index >= 15 is 0 Å². The van der Waals surface area contributed by atoms with Gasteiger partial charge in [0, 0.05) is 43.2 Å². The standard InChI is InChI=1S/C20H31N5S/c1-5-21-19(22-15-20(2,3)18-7-6-10-26-18)25-9-8-16(14-25)11-17-12-23-24(4)13-17/h6-7,10,12-13,16H,5,8-9,11,14-15H2,1-4H3,(H,21,22). The summed E-state index contributed by atoms with van der Waals surface area (Å²) in [6, 6.07) is 4.34. The highest BCUT2D eigenvalue weighted by molar-refractivity contribution is 7.10. The first-order valence-electron chi connectivity index (χ1n) is 9.52. The molecule has 0 amide bonds. The zero-order valence-corrected chi connectivity index (χ0v) is 17.2. The van der Waals surface area contributed by atoms with Crippen molar-refractivity contribution in [2.75, 3.05) is 26.2 Å². The maximum Gasteiger partial charge on any atom is 0.193 e. The second kappa shape index (κ2) is 8.25. The number of hydrogen-bond acceptors (Lipinski definition) is 3. The maximum absolute atomic E-state index is 4.99. The summed E-state index contributed by atoms with van der Waals surface area (Å²) in [4.78, 5) is 8.81. The van der Waals surface area contributed by atoms with Crippen LogP contribution in [0.4, 0.5) is 0 Å². The zero-order valence-electron chi connectivity index (χ0n) is 16.4. The number of nitrogens with zero attached hydrogens (tertiary/aromatic N) is 4. The number of aliphatic imine (C=N–C) groups is 1. The van der Waals surface area contributed by atoms with Gasteiger partial charge in [0.2, 0.25) is 0 Å². The topological polar surface area (TPSA) is 45.5 Å². The van der Waals surface area contributed by atoms with Crippen LogP contribution in [0.15, 0.2) is 34.9 Å². The monoisotopic (exact) mass is 373 g/mol. The third-order valence-electron chi connectivity index (χ3n) is 5.02. The molecular weight excluding hydrogens is 342 g/mol. The molecule has 1 aliphatic heterocycles. The Morgan fingerprint density at radius 1 is 1.46 bits per heavy atom. The van der Waals surface area contributed by atoms with Crippen molar-refractivity contribution in [2.24, 2.45) is 18.0 Å². The molecule has 26 heavy (non-hydrogen) atoms. The largest absolute Gasteiger partial charge is 0.357 e. The molecule has 2 aromatic rings. The van der Waals surface area contributed by atoms with Gasteiger partial charge in [0.1, 0.15) is 0 Å². The summed E-state index contributed by atoms with van der Waals surface area (Å²) < 4.78 is 1.89. The summed E-state index contributed by atoms with van der Waals surface area (Å²) in [6.07, 6.45) is 6.44. The second-order valence-corrected chi connectivity index (χ2v) is 8.81. The normalized spacial score (nSPS) is 18.5. The highest BCUT2D eigenvalue weighted by Gasteiger charge is 2.27. The summed E-state index contributed by atoms with van der Waals surface area (Å²) in [6.45, 7) is 10.6. The van der Waals surface area contributed by atoms with Crippen LogP contribution in [0.2, 0.25) is 0 Å². The molecule has 2 aromatic heterocycles. The summed E-state index contributed by atoms with van der Waals surface area (Å²) in [7, 11) is 1.98. The lowest BCUT2D eigenvalue weighted by molar-refractivity contribution is 0.454. The second-order valence-electron chi connectivity index (χ2n) is 7.86. The summed E-state index contributed by atoms with van der Waals surface area (Å²) >= 11 is 1.82. The van der Waals surface area contributed by atoms with Crippen molar-refractivity contribution >= 4 is 17.3 Å². The van der Waals surface area contributed by atoms with Gasteiger partial charge in [-0.15, -0.1) is 11.3 Å². The number of rotatable bonds is 6. The highest BCUT2D eigenvalue weighted by Crippen LogP contribution is 2.28. The highest BCUT2D eigenvalue weighted by atomic mass is 32.1. The molecule has 3 heterocycles. The molecule has 1 saturated heterocycles. The molecule has 1 unspecified atom stereocenters. The van der Waals surface area contributed by atoms with Gasteiger partial charge in [0.25, 0.3) is 0 Å². The van der Waals surface area contributed by atoms with Gasteiger partial charge in [0.05, 0.1) is 12.7 Å². The lowest BCUT2D eigenvalue weighted by atomic mass is 9.92. The predicted molar refractivity (Wildman–Crippen MR) is 110 cm³/mol. The molecule has 1 atom stereocenters. The molecule has 0 spiro atoms. The van der Waals surface area contributed by atoms with E-state index in [-0.39, 0.29) is 5.41 Å². The SMILES string of the molecule is CCNC(=NCC(C)(C)c1cccs1)N1CCC(Cc2cnn(C)c2)C1. The average molecular weight is 374 g/mol. The van der Waals surface area contributed by atoms with Crippen LogP contribution in [0.25, 0.3) is 0 Å². The third-order valence-corrected chi connectivity index (χ3v) is 6.25. The number of aromatic nitrogens is 2. The van der Waals surface area contributed by atoms with Gasteiger partial charge >= 0.3 is 0 Å². The van der Waals surface area contributed by atoms with Crippen LogP contribution in [0.1, 0.15) is 37.6 Å². The molecule has 142 valence electrons. The van der Waals surface area contributed by atoms with Crippen LogP contribution >= 0.6 is 11.3 Å². The number of hydrogen-bond donors (Lipinski definition) is 1. The van der Waals surface area contributed by atoms with Gasteiger partial charge < -0.3 is 10.2 Å². The molecule has 1 aliphatic rings. The summed E-state index contributed by atoms with van der Waals surface area (Å²) in [5.41, 5.74) is 1.41. The molecule has 1 N–H and O–H groups in total. The van der Waals surface area contributed by atoms with Crippen LogP contribution in [-0.2, 0) is 18.9 Å². The Hall–Kier alpha value is -1.82. The fraction of sp³-hybridized carbons (Fsp3) is 0.600. The van der Waals surface area contributed by atoms with Crippen LogP contribution < -0.4 is 5.32 Å². The van der Waals surface area contributed by atoms with Gasteiger partial charge in [-0.2, -0.15) is 5.10 Å². The van der Waals surface area contributed by atoms with Crippen molar-refractivity contribution in [2.45, 2.75) is 39.0 Å². The lowest BCUT2D eigenvalue weighted by Crippen LogP contribution is -2.41. The minimum atomic E-state index is 0.0731. The fourth-order valence-electron chi connectivity index (χ4n) is 3.54. The van der Waals surface area contributed by atoms with E-state index in [2.05, 4.69) is 59.8 Å². The van der Waals surface area contributed by atoms with Gasteiger partial charge in [-0.05, 0) is 42.7 Å². The Kier molecular flexibility index (Phi) is 6.01. The quantitative estimate of drug-likeness (QED) is 0.624. The first-order valence-corrected chi connectivity index (χ1v) is 10.4. The molecule has 3 rings (SSSR count). The Labute approximate surface area is 161 Å². The maximum atomic E-state index is 4.99. The van der Waals surface area contributed by atoms with Crippen molar-refractivity contribution in [3.8, 4) is 0 Å². The smallest absolute Gasteiger partial charge is 0.193 e. The Morgan fingerprint density at radius 2 is 2.31 bits per heavy atom. The molecule has 6 heteroatoms. The first-order chi connectivity index (χ1) is 12.5. The molecule has 0 saturated carbocycles. The predicted octanol–water partition coefficient (Wildman–Crippen LogP) is 3.29. The van der Waals surface area contributed by atoms with Crippen LogP contribution in [0, 0.1) is 5.92 Å². The van der Waals surface area contributed by atoms with Crippen LogP contribution in [0.5, 0.6) is 0 Å². The Balaban J connectivity index is 1.62. The van der Waals surface area contributed by atoms with Gasteiger partial charge in [0.15, 0.2) is 5.96 Å². The Morgan fingerprint density at radius 3 is 2.96 bits per heavy atom. The first kappa shape index (κ1) is 19.0.